The molecule has 0 N–H and O–H groups in total. The zero-order valence-corrected chi connectivity index (χ0v) is 10.0. The standard InChI is InChI=1S/C10H20N2O3/c1-6(2)9-10(12(13)14)8(5)15-11(9)7(3)4/h6-10H,1-5H3/t8-,9+,10-/m0/s1. The SMILES string of the molecule is CC(C)[C@@H]1[C@@H]([N+](=O)[O-])[C@H](C)ON1C(C)C. The van der Waals surface area contributed by atoms with Gasteiger partial charge in [-0.15, -0.1) is 0 Å². The van der Waals surface area contributed by atoms with E-state index >= 15 is 0 Å². The van der Waals surface area contributed by atoms with Crippen molar-refractivity contribution in [2.75, 3.05) is 0 Å². The van der Waals surface area contributed by atoms with E-state index < -0.39 is 6.04 Å². The van der Waals surface area contributed by atoms with Crippen LogP contribution in [-0.2, 0) is 4.84 Å². The Labute approximate surface area is 90.5 Å². The first kappa shape index (κ1) is 12.4. The van der Waals surface area contributed by atoms with Gasteiger partial charge in [-0.2, -0.15) is 5.06 Å². The van der Waals surface area contributed by atoms with Crippen molar-refractivity contribution in [2.24, 2.45) is 5.92 Å². The van der Waals surface area contributed by atoms with Crippen molar-refractivity contribution in [3.63, 3.8) is 0 Å². The third-order valence-electron chi connectivity index (χ3n) is 2.85. The Hall–Kier alpha value is -0.680. The summed E-state index contributed by atoms with van der Waals surface area (Å²) in [5, 5.41) is 12.8. The average Bonchev–Trinajstić information content (AvgIpc) is 2.42. The molecule has 0 spiro atoms. The van der Waals surface area contributed by atoms with Crippen molar-refractivity contribution >= 4 is 0 Å². The molecule has 0 aromatic carbocycles. The summed E-state index contributed by atoms with van der Waals surface area (Å²) in [6.07, 6.45) is -0.338. The second-order valence-corrected chi connectivity index (χ2v) is 4.77. The zero-order valence-electron chi connectivity index (χ0n) is 10.0. The molecule has 1 saturated heterocycles. The summed E-state index contributed by atoms with van der Waals surface area (Å²) >= 11 is 0. The predicted octanol–water partition coefficient (Wildman–Crippen LogP) is 1.70. The van der Waals surface area contributed by atoms with Gasteiger partial charge in [0.15, 0.2) is 0 Å². The summed E-state index contributed by atoms with van der Waals surface area (Å²) in [5.74, 6) is 0.216. The molecular formula is C10H20N2O3. The highest BCUT2D eigenvalue weighted by Gasteiger charge is 2.51. The maximum atomic E-state index is 11.0. The van der Waals surface area contributed by atoms with Gasteiger partial charge in [-0.05, 0) is 26.7 Å². The molecule has 1 fully saturated rings. The Balaban J connectivity index is 2.93. The highest BCUT2D eigenvalue weighted by atomic mass is 16.7. The van der Waals surface area contributed by atoms with Crippen LogP contribution in [0.15, 0.2) is 0 Å². The minimum absolute atomic E-state index is 0.130. The van der Waals surface area contributed by atoms with Gasteiger partial charge in [0.2, 0.25) is 0 Å². The van der Waals surface area contributed by atoms with Crippen molar-refractivity contribution in [3.8, 4) is 0 Å². The zero-order chi connectivity index (χ0) is 11.7. The summed E-state index contributed by atoms with van der Waals surface area (Å²) in [4.78, 5) is 16.3. The second-order valence-electron chi connectivity index (χ2n) is 4.77. The number of rotatable bonds is 3. The van der Waals surface area contributed by atoms with Gasteiger partial charge in [0.1, 0.15) is 12.1 Å². The highest BCUT2D eigenvalue weighted by Crippen LogP contribution is 2.30. The molecule has 0 saturated carbocycles. The van der Waals surface area contributed by atoms with E-state index in [0.29, 0.717) is 0 Å². The molecule has 0 aliphatic carbocycles. The molecule has 5 nitrogen and oxygen atoms in total. The minimum Gasteiger partial charge on any atom is -0.288 e. The van der Waals surface area contributed by atoms with E-state index in [0.717, 1.165) is 0 Å². The number of hydrogen-bond donors (Lipinski definition) is 0. The third kappa shape index (κ3) is 2.29. The first-order valence-electron chi connectivity index (χ1n) is 5.44. The molecule has 1 aliphatic rings. The Kier molecular flexibility index (Phi) is 3.67. The van der Waals surface area contributed by atoms with Crippen LogP contribution in [0.3, 0.4) is 0 Å². The van der Waals surface area contributed by atoms with Gasteiger partial charge in [0.05, 0.1) is 0 Å². The van der Waals surface area contributed by atoms with Crippen LogP contribution >= 0.6 is 0 Å². The van der Waals surface area contributed by atoms with Crippen molar-refractivity contribution in [2.45, 2.75) is 58.8 Å². The highest BCUT2D eigenvalue weighted by molar-refractivity contribution is 4.89. The van der Waals surface area contributed by atoms with Crippen molar-refractivity contribution in [1.29, 1.82) is 0 Å². The molecule has 15 heavy (non-hydrogen) atoms. The summed E-state index contributed by atoms with van der Waals surface area (Å²) in [6.45, 7) is 9.75. The van der Waals surface area contributed by atoms with Gasteiger partial charge in [-0.1, -0.05) is 13.8 Å². The average molecular weight is 216 g/mol. The van der Waals surface area contributed by atoms with Gasteiger partial charge in [-0.3, -0.25) is 15.0 Å². The van der Waals surface area contributed by atoms with Crippen LogP contribution in [0, 0.1) is 16.0 Å². The molecular weight excluding hydrogens is 196 g/mol. The molecule has 0 aromatic rings. The first-order chi connectivity index (χ1) is 6.86. The van der Waals surface area contributed by atoms with Crippen molar-refractivity contribution < 1.29 is 9.76 Å². The maximum absolute atomic E-state index is 11.0. The van der Waals surface area contributed by atoms with Gasteiger partial charge < -0.3 is 0 Å². The largest absolute Gasteiger partial charge is 0.288 e. The fourth-order valence-corrected chi connectivity index (χ4v) is 2.20. The molecule has 1 heterocycles. The molecule has 0 unspecified atom stereocenters. The minimum atomic E-state index is -0.618. The van der Waals surface area contributed by atoms with E-state index in [9.17, 15) is 10.1 Å². The molecule has 1 aliphatic heterocycles. The molecule has 0 radical (unpaired) electrons. The van der Waals surface area contributed by atoms with Gasteiger partial charge >= 0.3 is 0 Å². The number of nitro groups is 1. The number of nitrogens with zero attached hydrogens (tertiary/aromatic N) is 2. The van der Waals surface area contributed by atoms with Crippen molar-refractivity contribution in [1.82, 2.24) is 5.06 Å². The number of hydroxylamine groups is 2. The lowest BCUT2D eigenvalue weighted by Crippen LogP contribution is -2.46. The summed E-state index contributed by atoms with van der Waals surface area (Å²) in [5.41, 5.74) is 0. The molecule has 88 valence electrons. The fraction of sp³-hybridized carbons (Fsp3) is 1.00. The smallest absolute Gasteiger partial charge is 0.258 e. The molecule has 0 bridgehead atoms. The number of hydrogen-bond acceptors (Lipinski definition) is 4. The molecule has 0 aromatic heterocycles. The van der Waals surface area contributed by atoms with Crippen molar-refractivity contribution in [3.05, 3.63) is 10.1 Å². The van der Waals surface area contributed by atoms with E-state index in [2.05, 4.69) is 0 Å². The van der Waals surface area contributed by atoms with Crippen LogP contribution in [0.4, 0.5) is 0 Å². The van der Waals surface area contributed by atoms with Gasteiger partial charge in [0.25, 0.3) is 6.04 Å². The monoisotopic (exact) mass is 216 g/mol. The van der Waals surface area contributed by atoms with Crippen LogP contribution in [0.25, 0.3) is 0 Å². The Morgan fingerprint density at radius 3 is 2.20 bits per heavy atom. The van der Waals surface area contributed by atoms with E-state index in [1.807, 2.05) is 27.7 Å². The van der Waals surface area contributed by atoms with Gasteiger partial charge in [-0.25, -0.2) is 0 Å². The van der Waals surface area contributed by atoms with E-state index in [1.54, 1.807) is 12.0 Å². The van der Waals surface area contributed by atoms with Crippen LogP contribution < -0.4 is 0 Å². The summed E-state index contributed by atoms with van der Waals surface area (Å²) in [7, 11) is 0. The Morgan fingerprint density at radius 1 is 1.33 bits per heavy atom. The Bertz CT molecular complexity index is 243. The fourth-order valence-electron chi connectivity index (χ4n) is 2.20. The lowest BCUT2D eigenvalue weighted by atomic mass is 9.94. The lowest BCUT2D eigenvalue weighted by molar-refractivity contribution is -0.529. The molecule has 0 amide bonds. The topological polar surface area (TPSA) is 55.6 Å². The van der Waals surface area contributed by atoms with Crippen LogP contribution in [0.1, 0.15) is 34.6 Å². The molecule has 1 rings (SSSR count). The lowest BCUT2D eigenvalue weighted by Gasteiger charge is -2.28. The van der Waals surface area contributed by atoms with Gasteiger partial charge in [0, 0.05) is 11.0 Å². The Morgan fingerprint density at radius 2 is 1.87 bits per heavy atom. The summed E-state index contributed by atoms with van der Waals surface area (Å²) in [6, 6.07) is -0.577. The third-order valence-corrected chi connectivity index (χ3v) is 2.85. The van der Waals surface area contributed by atoms with Crippen LogP contribution in [-0.4, -0.2) is 34.2 Å². The second kappa shape index (κ2) is 4.45. The normalized spacial score (nSPS) is 32.9. The molecule has 5 heteroatoms. The van der Waals surface area contributed by atoms with Crippen LogP contribution in [0.5, 0.6) is 0 Å². The maximum Gasteiger partial charge on any atom is 0.258 e. The van der Waals surface area contributed by atoms with E-state index in [4.69, 9.17) is 4.84 Å². The predicted molar refractivity (Wildman–Crippen MR) is 56.9 cm³/mol. The van der Waals surface area contributed by atoms with E-state index in [1.165, 1.54) is 0 Å². The van der Waals surface area contributed by atoms with Crippen LogP contribution in [0.2, 0.25) is 0 Å². The first-order valence-corrected chi connectivity index (χ1v) is 5.44. The quantitative estimate of drug-likeness (QED) is 0.532. The van der Waals surface area contributed by atoms with E-state index in [-0.39, 0.29) is 29.0 Å². The summed E-state index contributed by atoms with van der Waals surface area (Å²) < 4.78 is 0. The molecule has 3 atom stereocenters.